The van der Waals surface area contributed by atoms with Gasteiger partial charge >= 0.3 is 0 Å². The third-order valence-corrected chi connectivity index (χ3v) is 2.94. The number of hydrogen-bond donors (Lipinski definition) is 1. The van der Waals surface area contributed by atoms with E-state index < -0.39 is 0 Å². The molecule has 0 spiro atoms. The Morgan fingerprint density at radius 1 is 1.10 bits per heavy atom. The summed E-state index contributed by atoms with van der Waals surface area (Å²) in [7, 11) is 0. The van der Waals surface area contributed by atoms with Crippen LogP contribution in [-0.2, 0) is 6.54 Å². The molecule has 0 saturated heterocycles. The predicted molar refractivity (Wildman–Crippen MR) is 82.2 cm³/mol. The van der Waals surface area contributed by atoms with Crippen LogP contribution < -0.4 is 5.32 Å². The largest absolute Gasteiger partial charge is 0.364 e. The maximum absolute atomic E-state index is 4.36. The Morgan fingerprint density at radius 3 is 2.70 bits per heavy atom. The zero-order valence-electron chi connectivity index (χ0n) is 11.8. The number of hydrogen-bond acceptors (Lipinski definition) is 4. The molecule has 0 aliphatic rings. The van der Waals surface area contributed by atoms with Gasteiger partial charge in [-0.15, -0.1) is 0 Å². The summed E-state index contributed by atoms with van der Waals surface area (Å²) in [5.74, 6) is 0.817. The first-order valence-corrected chi connectivity index (χ1v) is 7.00. The molecule has 2 aromatic rings. The molecule has 4 nitrogen and oxygen atoms in total. The van der Waals surface area contributed by atoms with Crippen LogP contribution in [0.3, 0.4) is 0 Å². The van der Waals surface area contributed by atoms with E-state index in [1.165, 1.54) is 18.4 Å². The van der Waals surface area contributed by atoms with Crippen LogP contribution in [0.5, 0.6) is 0 Å². The van der Waals surface area contributed by atoms with E-state index in [4.69, 9.17) is 0 Å². The van der Waals surface area contributed by atoms with Gasteiger partial charge in [0.2, 0.25) is 0 Å². The number of allylic oxidation sites excluding steroid dienone is 1. The van der Waals surface area contributed by atoms with E-state index in [2.05, 4.69) is 33.3 Å². The first-order chi connectivity index (χ1) is 9.90. The molecule has 1 N–H and O–H groups in total. The zero-order chi connectivity index (χ0) is 14.0. The van der Waals surface area contributed by atoms with Gasteiger partial charge in [-0.05, 0) is 30.2 Å². The maximum Gasteiger partial charge on any atom is 0.152 e. The lowest BCUT2D eigenvalue weighted by Gasteiger charge is -2.07. The molecule has 0 aliphatic carbocycles. The van der Waals surface area contributed by atoms with Gasteiger partial charge in [-0.3, -0.25) is 9.97 Å². The fraction of sp³-hybridized carbons (Fsp3) is 0.312. The van der Waals surface area contributed by atoms with Crippen LogP contribution in [0.15, 0.2) is 43.0 Å². The summed E-state index contributed by atoms with van der Waals surface area (Å²) < 4.78 is 0. The van der Waals surface area contributed by atoms with Crippen LogP contribution in [0.4, 0.5) is 5.82 Å². The molecule has 2 aromatic heterocycles. The fourth-order valence-electron chi connectivity index (χ4n) is 1.81. The van der Waals surface area contributed by atoms with Gasteiger partial charge in [0.05, 0.1) is 0 Å². The van der Waals surface area contributed by atoms with Crippen molar-refractivity contribution < 1.29 is 0 Å². The van der Waals surface area contributed by atoms with E-state index in [0.717, 1.165) is 24.5 Å². The Kier molecular flexibility index (Phi) is 5.71. The molecule has 0 unspecified atom stereocenters. The van der Waals surface area contributed by atoms with Gasteiger partial charge in [0.15, 0.2) is 5.82 Å². The molecule has 4 heteroatoms. The number of nitrogens with one attached hydrogen (secondary N) is 1. The van der Waals surface area contributed by atoms with Crippen molar-refractivity contribution in [3.05, 3.63) is 54.3 Å². The summed E-state index contributed by atoms with van der Waals surface area (Å²) in [6.45, 7) is 2.91. The summed E-state index contributed by atoms with van der Waals surface area (Å²) in [6, 6.07) is 3.97. The molecule has 2 heterocycles. The molecule has 0 aliphatic heterocycles. The summed E-state index contributed by atoms with van der Waals surface area (Å²) in [5.41, 5.74) is 2.06. The average molecular weight is 268 g/mol. The highest BCUT2D eigenvalue weighted by Crippen LogP contribution is 2.12. The fourth-order valence-corrected chi connectivity index (χ4v) is 1.81. The van der Waals surface area contributed by atoms with Gasteiger partial charge in [-0.1, -0.05) is 25.8 Å². The molecular weight excluding hydrogens is 248 g/mol. The standard InChI is InChI=1S/C16H20N4/c1-2-3-4-5-6-15-16(19-12-11-18-15)20-13-14-7-9-17-10-8-14/h5-12H,2-4,13H2,1H3,(H,19,20)/b6-5+. The number of pyridine rings is 1. The lowest BCUT2D eigenvalue weighted by Crippen LogP contribution is -2.04. The normalized spacial score (nSPS) is 10.8. The molecule has 0 amide bonds. The molecule has 0 aromatic carbocycles. The molecule has 0 atom stereocenters. The maximum atomic E-state index is 4.36. The Hall–Kier alpha value is -2.23. The van der Waals surface area contributed by atoms with Crippen molar-refractivity contribution in [1.82, 2.24) is 15.0 Å². The second-order valence-electron chi connectivity index (χ2n) is 4.54. The molecular formula is C16H20N4. The van der Waals surface area contributed by atoms with Gasteiger partial charge in [-0.25, -0.2) is 4.98 Å². The van der Waals surface area contributed by atoms with Crippen LogP contribution in [0.1, 0.15) is 37.4 Å². The van der Waals surface area contributed by atoms with E-state index in [9.17, 15) is 0 Å². The minimum atomic E-state index is 0.719. The van der Waals surface area contributed by atoms with E-state index in [1.807, 2.05) is 18.2 Å². The van der Waals surface area contributed by atoms with Crippen LogP contribution >= 0.6 is 0 Å². The van der Waals surface area contributed by atoms with Gasteiger partial charge in [-0.2, -0.15) is 0 Å². The lowest BCUT2D eigenvalue weighted by atomic mass is 10.2. The van der Waals surface area contributed by atoms with Crippen molar-refractivity contribution in [3.8, 4) is 0 Å². The van der Waals surface area contributed by atoms with Crippen molar-refractivity contribution in [2.75, 3.05) is 5.32 Å². The Bertz CT molecular complexity index is 537. The van der Waals surface area contributed by atoms with Crippen LogP contribution in [-0.4, -0.2) is 15.0 Å². The SMILES string of the molecule is CCCC/C=C/c1nccnc1NCc1ccncc1. The Morgan fingerprint density at radius 2 is 1.90 bits per heavy atom. The van der Waals surface area contributed by atoms with Crippen LogP contribution in [0.2, 0.25) is 0 Å². The monoisotopic (exact) mass is 268 g/mol. The summed E-state index contributed by atoms with van der Waals surface area (Å²) in [5, 5.41) is 3.32. The topological polar surface area (TPSA) is 50.7 Å². The van der Waals surface area contributed by atoms with E-state index in [1.54, 1.807) is 24.8 Å². The molecule has 2 rings (SSSR count). The highest BCUT2D eigenvalue weighted by Gasteiger charge is 2.01. The van der Waals surface area contributed by atoms with E-state index >= 15 is 0 Å². The highest BCUT2D eigenvalue weighted by atomic mass is 15.0. The molecule has 0 bridgehead atoms. The molecule has 20 heavy (non-hydrogen) atoms. The van der Waals surface area contributed by atoms with Gasteiger partial charge in [0.25, 0.3) is 0 Å². The first kappa shape index (κ1) is 14.2. The van der Waals surface area contributed by atoms with Gasteiger partial charge < -0.3 is 5.32 Å². The molecule has 0 fully saturated rings. The quantitative estimate of drug-likeness (QED) is 0.778. The second kappa shape index (κ2) is 8.04. The minimum Gasteiger partial charge on any atom is -0.364 e. The summed E-state index contributed by atoms with van der Waals surface area (Å²) >= 11 is 0. The van der Waals surface area contributed by atoms with Gasteiger partial charge in [0, 0.05) is 31.3 Å². The third kappa shape index (κ3) is 4.46. The number of unbranched alkanes of at least 4 members (excludes halogenated alkanes) is 2. The zero-order valence-corrected chi connectivity index (χ0v) is 11.8. The molecule has 104 valence electrons. The summed E-state index contributed by atoms with van der Waals surface area (Å²) in [4.78, 5) is 12.7. The lowest BCUT2D eigenvalue weighted by molar-refractivity contribution is 0.816. The van der Waals surface area contributed by atoms with Crippen LogP contribution in [0, 0.1) is 0 Å². The van der Waals surface area contributed by atoms with Gasteiger partial charge in [0.1, 0.15) is 5.69 Å². The summed E-state index contributed by atoms with van der Waals surface area (Å²) in [6.07, 6.45) is 14.7. The molecule has 0 saturated carbocycles. The van der Waals surface area contributed by atoms with E-state index in [0.29, 0.717) is 0 Å². The van der Waals surface area contributed by atoms with Crippen molar-refractivity contribution in [2.24, 2.45) is 0 Å². The van der Waals surface area contributed by atoms with Crippen molar-refractivity contribution in [3.63, 3.8) is 0 Å². The third-order valence-electron chi connectivity index (χ3n) is 2.94. The van der Waals surface area contributed by atoms with Crippen molar-refractivity contribution >= 4 is 11.9 Å². The molecule has 0 radical (unpaired) electrons. The Labute approximate surface area is 120 Å². The predicted octanol–water partition coefficient (Wildman–Crippen LogP) is 3.69. The van der Waals surface area contributed by atoms with Crippen LogP contribution in [0.25, 0.3) is 6.08 Å². The number of nitrogens with zero attached hydrogens (tertiary/aromatic N) is 3. The minimum absolute atomic E-state index is 0.719. The second-order valence-corrected chi connectivity index (χ2v) is 4.54. The number of rotatable bonds is 7. The smallest absolute Gasteiger partial charge is 0.152 e. The van der Waals surface area contributed by atoms with Crippen molar-refractivity contribution in [1.29, 1.82) is 0 Å². The van der Waals surface area contributed by atoms with E-state index in [-0.39, 0.29) is 0 Å². The average Bonchev–Trinajstić information content (AvgIpc) is 2.51. The first-order valence-electron chi connectivity index (χ1n) is 7.00. The van der Waals surface area contributed by atoms with Crippen molar-refractivity contribution in [2.45, 2.75) is 32.7 Å². The highest BCUT2D eigenvalue weighted by molar-refractivity contribution is 5.58. The number of anilines is 1. The Balaban J connectivity index is 1.98. The number of aromatic nitrogens is 3.